The van der Waals surface area contributed by atoms with E-state index in [9.17, 15) is 4.79 Å². The molecular weight excluding hydrogens is 166 g/mol. The van der Waals surface area contributed by atoms with Gasteiger partial charge >= 0.3 is 0 Å². The van der Waals surface area contributed by atoms with Crippen LogP contribution in [0.4, 0.5) is 5.69 Å². The molecule has 0 fully saturated rings. The van der Waals surface area contributed by atoms with Gasteiger partial charge in [-0.15, -0.1) is 0 Å². The van der Waals surface area contributed by atoms with Crippen molar-refractivity contribution in [2.45, 2.75) is 6.92 Å². The minimum absolute atomic E-state index is 0.00321. The maximum Gasteiger partial charge on any atom is 0.216 e. The second-order valence-corrected chi connectivity index (χ2v) is 2.65. The number of nitrogens with zero attached hydrogens (tertiary/aromatic N) is 1. The van der Waals surface area contributed by atoms with Gasteiger partial charge in [-0.2, -0.15) is 0 Å². The number of rotatable bonds is 4. The van der Waals surface area contributed by atoms with Crippen LogP contribution in [0.25, 0.3) is 0 Å². The molecule has 1 heterocycles. The van der Waals surface area contributed by atoms with Gasteiger partial charge in [0.2, 0.25) is 5.91 Å². The van der Waals surface area contributed by atoms with Gasteiger partial charge in [0.05, 0.1) is 0 Å². The number of carbonyl (C=O) groups is 1. The molecule has 13 heavy (non-hydrogen) atoms. The van der Waals surface area contributed by atoms with Gasteiger partial charge in [-0.1, -0.05) is 0 Å². The quantitative estimate of drug-likeness (QED) is 0.666. The first-order valence-electron chi connectivity index (χ1n) is 4.17. The van der Waals surface area contributed by atoms with Gasteiger partial charge in [0, 0.05) is 38.1 Å². The number of hydrogen-bond donors (Lipinski definition) is 2. The third-order valence-electron chi connectivity index (χ3n) is 1.51. The molecule has 1 aromatic heterocycles. The summed E-state index contributed by atoms with van der Waals surface area (Å²) < 4.78 is 0. The first-order chi connectivity index (χ1) is 6.29. The molecule has 0 saturated heterocycles. The Balaban J connectivity index is 2.17. The summed E-state index contributed by atoms with van der Waals surface area (Å²) in [6, 6.07) is 3.77. The zero-order valence-corrected chi connectivity index (χ0v) is 7.58. The molecule has 2 N–H and O–H groups in total. The summed E-state index contributed by atoms with van der Waals surface area (Å²) in [6.45, 7) is 2.87. The monoisotopic (exact) mass is 179 g/mol. The van der Waals surface area contributed by atoms with Gasteiger partial charge in [-0.25, -0.2) is 0 Å². The molecule has 0 aliphatic heterocycles. The second-order valence-electron chi connectivity index (χ2n) is 2.65. The first kappa shape index (κ1) is 9.51. The zero-order chi connectivity index (χ0) is 9.52. The van der Waals surface area contributed by atoms with Crippen LogP contribution in [-0.4, -0.2) is 24.0 Å². The third-order valence-corrected chi connectivity index (χ3v) is 1.51. The van der Waals surface area contributed by atoms with Gasteiger partial charge in [0.1, 0.15) is 0 Å². The highest BCUT2D eigenvalue weighted by molar-refractivity contribution is 5.72. The highest BCUT2D eigenvalue weighted by Gasteiger charge is 1.90. The van der Waals surface area contributed by atoms with Crippen molar-refractivity contribution in [1.82, 2.24) is 10.3 Å². The van der Waals surface area contributed by atoms with Crippen molar-refractivity contribution in [2.24, 2.45) is 0 Å². The smallest absolute Gasteiger partial charge is 0.216 e. The average molecular weight is 179 g/mol. The van der Waals surface area contributed by atoms with Crippen molar-refractivity contribution >= 4 is 11.6 Å². The molecule has 0 saturated carbocycles. The average Bonchev–Trinajstić information content (AvgIpc) is 2.14. The lowest BCUT2D eigenvalue weighted by molar-refractivity contribution is -0.118. The van der Waals surface area contributed by atoms with Crippen molar-refractivity contribution in [1.29, 1.82) is 0 Å². The van der Waals surface area contributed by atoms with Gasteiger partial charge in [-0.05, 0) is 12.1 Å². The maximum atomic E-state index is 10.5. The molecule has 0 spiro atoms. The summed E-state index contributed by atoms with van der Waals surface area (Å²) >= 11 is 0. The molecule has 4 heteroatoms. The fourth-order valence-electron chi connectivity index (χ4n) is 0.915. The fraction of sp³-hybridized carbons (Fsp3) is 0.333. The van der Waals surface area contributed by atoms with E-state index in [4.69, 9.17) is 0 Å². The van der Waals surface area contributed by atoms with Crippen LogP contribution >= 0.6 is 0 Å². The number of pyridine rings is 1. The Hall–Kier alpha value is -1.58. The highest BCUT2D eigenvalue weighted by Crippen LogP contribution is 2.01. The lowest BCUT2D eigenvalue weighted by Gasteiger charge is -2.05. The molecular formula is C9H13N3O. The molecule has 0 unspecified atom stereocenters. The van der Waals surface area contributed by atoms with Crippen molar-refractivity contribution in [2.75, 3.05) is 18.4 Å². The molecule has 0 atom stereocenters. The molecule has 1 amide bonds. The summed E-state index contributed by atoms with van der Waals surface area (Å²) in [7, 11) is 0. The largest absolute Gasteiger partial charge is 0.383 e. The van der Waals surface area contributed by atoms with Crippen LogP contribution in [0, 0.1) is 0 Å². The van der Waals surface area contributed by atoms with Gasteiger partial charge < -0.3 is 10.6 Å². The van der Waals surface area contributed by atoms with Gasteiger partial charge in [0.15, 0.2) is 0 Å². The Morgan fingerprint density at radius 3 is 2.69 bits per heavy atom. The Kier molecular flexibility index (Phi) is 3.75. The Bertz CT molecular complexity index is 261. The summed E-state index contributed by atoms with van der Waals surface area (Å²) in [6.07, 6.45) is 3.45. The van der Waals surface area contributed by atoms with E-state index in [2.05, 4.69) is 15.6 Å². The van der Waals surface area contributed by atoms with Crippen LogP contribution in [-0.2, 0) is 4.79 Å². The summed E-state index contributed by atoms with van der Waals surface area (Å²) in [5, 5.41) is 5.84. The van der Waals surface area contributed by atoms with Crippen LogP contribution in [0.15, 0.2) is 24.5 Å². The molecule has 0 aliphatic rings. The molecule has 0 aliphatic carbocycles. The Labute approximate surface area is 77.4 Å². The molecule has 1 rings (SSSR count). The normalized spacial score (nSPS) is 9.31. The highest BCUT2D eigenvalue weighted by atomic mass is 16.1. The number of hydrogen-bond acceptors (Lipinski definition) is 3. The second kappa shape index (κ2) is 5.13. The Morgan fingerprint density at radius 2 is 2.08 bits per heavy atom. The molecule has 0 radical (unpaired) electrons. The summed E-state index contributed by atoms with van der Waals surface area (Å²) in [5.41, 5.74) is 1.01. The predicted molar refractivity (Wildman–Crippen MR) is 51.4 cm³/mol. The van der Waals surface area contributed by atoms with Gasteiger partial charge in [-0.3, -0.25) is 9.78 Å². The SMILES string of the molecule is CC(=O)NCCNc1ccncc1. The van der Waals surface area contributed by atoms with E-state index in [1.807, 2.05) is 12.1 Å². The maximum absolute atomic E-state index is 10.5. The molecule has 0 aromatic carbocycles. The Morgan fingerprint density at radius 1 is 1.38 bits per heavy atom. The zero-order valence-electron chi connectivity index (χ0n) is 7.58. The lowest BCUT2D eigenvalue weighted by atomic mass is 10.4. The third kappa shape index (κ3) is 4.10. The summed E-state index contributed by atoms with van der Waals surface area (Å²) in [5.74, 6) is -0.00321. The van der Waals surface area contributed by atoms with Crippen molar-refractivity contribution in [3.05, 3.63) is 24.5 Å². The molecule has 0 bridgehead atoms. The lowest BCUT2D eigenvalue weighted by Crippen LogP contribution is -2.26. The predicted octanol–water partition coefficient (Wildman–Crippen LogP) is 0.630. The number of aromatic nitrogens is 1. The number of nitrogens with one attached hydrogen (secondary N) is 2. The minimum Gasteiger partial charge on any atom is -0.383 e. The standard InChI is InChI=1S/C9H13N3O/c1-8(13)11-6-7-12-9-2-4-10-5-3-9/h2-5H,6-7H2,1H3,(H,10,12)(H,11,13). The van der Waals surface area contributed by atoms with Crippen molar-refractivity contribution in [3.63, 3.8) is 0 Å². The number of anilines is 1. The molecule has 1 aromatic rings. The number of amides is 1. The topological polar surface area (TPSA) is 54.0 Å². The molecule has 4 nitrogen and oxygen atoms in total. The van der Waals surface area contributed by atoms with E-state index in [1.165, 1.54) is 6.92 Å². The van der Waals surface area contributed by atoms with Crippen LogP contribution in [0.1, 0.15) is 6.92 Å². The van der Waals surface area contributed by atoms with Crippen molar-refractivity contribution in [3.8, 4) is 0 Å². The number of carbonyl (C=O) groups excluding carboxylic acids is 1. The van der Waals surface area contributed by atoms with E-state index in [0.29, 0.717) is 6.54 Å². The minimum atomic E-state index is -0.00321. The fourth-order valence-corrected chi connectivity index (χ4v) is 0.915. The van der Waals surface area contributed by atoms with Crippen LogP contribution in [0.2, 0.25) is 0 Å². The first-order valence-corrected chi connectivity index (χ1v) is 4.17. The van der Waals surface area contributed by atoms with Crippen LogP contribution in [0.3, 0.4) is 0 Å². The van der Waals surface area contributed by atoms with E-state index in [1.54, 1.807) is 12.4 Å². The molecule has 70 valence electrons. The van der Waals surface area contributed by atoms with E-state index < -0.39 is 0 Å². The van der Waals surface area contributed by atoms with E-state index in [0.717, 1.165) is 12.2 Å². The van der Waals surface area contributed by atoms with Crippen LogP contribution < -0.4 is 10.6 Å². The van der Waals surface area contributed by atoms with E-state index >= 15 is 0 Å². The summed E-state index contributed by atoms with van der Waals surface area (Å²) in [4.78, 5) is 14.4. The van der Waals surface area contributed by atoms with E-state index in [-0.39, 0.29) is 5.91 Å². The van der Waals surface area contributed by atoms with Crippen LogP contribution in [0.5, 0.6) is 0 Å². The van der Waals surface area contributed by atoms with Gasteiger partial charge in [0.25, 0.3) is 0 Å². The van der Waals surface area contributed by atoms with Crippen molar-refractivity contribution < 1.29 is 4.79 Å².